The van der Waals surface area contributed by atoms with E-state index in [4.69, 9.17) is 0 Å². The Balaban J connectivity index is 2.76. The van der Waals surface area contributed by atoms with Crippen LogP contribution in [0, 0.1) is 0 Å². The highest BCUT2D eigenvalue weighted by atomic mass is 32.2. The lowest BCUT2D eigenvalue weighted by Gasteiger charge is -1.88. The lowest BCUT2D eigenvalue weighted by Crippen LogP contribution is -2.13. The van der Waals surface area contributed by atoms with Crippen molar-refractivity contribution in [2.24, 2.45) is 0 Å². The molecule has 0 radical (unpaired) electrons. The lowest BCUT2D eigenvalue weighted by molar-refractivity contribution is 0.589. The lowest BCUT2D eigenvalue weighted by atomic mass is 10.5. The molecule has 2 heterocycles. The average Bonchev–Trinajstić information content (AvgIpc) is 2.36. The zero-order chi connectivity index (χ0) is 7.19. The molecule has 1 aromatic heterocycles. The summed E-state index contributed by atoms with van der Waals surface area (Å²) in [6, 6.07) is 0. The molecule has 0 unspecified atom stereocenters. The van der Waals surface area contributed by atoms with Gasteiger partial charge in [0.05, 0.1) is 11.1 Å². The molecule has 0 amide bonds. The van der Waals surface area contributed by atoms with Gasteiger partial charge in [-0.05, 0) is 11.5 Å². The molecular formula is C4H4N2O2S2. The van der Waals surface area contributed by atoms with Crippen molar-refractivity contribution in [2.75, 3.05) is 0 Å². The maximum absolute atomic E-state index is 11.0. The van der Waals surface area contributed by atoms with E-state index in [2.05, 4.69) is 9.10 Å². The number of hydrogen-bond acceptors (Lipinski definition) is 4. The first-order valence-corrected chi connectivity index (χ1v) is 4.89. The molecule has 0 aromatic carbocycles. The minimum absolute atomic E-state index is 0.345. The number of sulfonamides is 1. The number of fused-ring (bicyclic) bond motifs is 1. The summed E-state index contributed by atoms with van der Waals surface area (Å²) in [5.41, 5.74) is 0. The summed E-state index contributed by atoms with van der Waals surface area (Å²) < 4.78 is 28.1. The molecule has 0 atom stereocenters. The molecule has 1 aliphatic rings. The van der Waals surface area contributed by atoms with Gasteiger partial charge in [0, 0.05) is 6.54 Å². The van der Waals surface area contributed by atoms with Crippen LogP contribution in [0.5, 0.6) is 0 Å². The summed E-state index contributed by atoms with van der Waals surface area (Å²) in [7, 11) is -3.16. The smallest absolute Gasteiger partial charge is 0.207 e. The standard InChI is InChI=1S/C4H4N2O2S2/c7-10(8)4-2-5-9-3(4)1-6-10/h2,6H,1H2. The van der Waals surface area contributed by atoms with Gasteiger partial charge in [-0.2, -0.15) is 4.37 Å². The summed E-state index contributed by atoms with van der Waals surface area (Å²) in [4.78, 5) is 1.15. The molecule has 1 aliphatic heterocycles. The van der Waals surface area contributed by atoms with Crippen molar-refractivity contribution in [2.45, 2.75) is 11.4 Å². The van der Waals surface area contributed by atoms with E-state index in [0.29, 0.717) is 11.4 Å². The van der Waals surface area contributed by atoms with E-state index >= 15 is 0 Å². The fourth-order valence-corrected chi connectivity index (χ4v) is 3.05. The summed E-state index contributed by atoms with van der Waals surface area (Å²) in [5, 5.41) is 0. The quantitative estimate of drug-likeness (QED) is 0.602. The highest BCUT2D eigenvalue weighted by molar-refractivity contribution is 7.90. The van der Waals surface area contributed by atoms with E-state index in [9.17, 15) is 8.42 Å². The van der Waals surface area contributed by atoms with Crippen LogP contribution in [0.4, 0.5) is 0 Å². The Hall–Kier alpha value is -0.460. The summed E-state index contributed by atoms with van der Waals surface area (Å²) in [6.07, 6.45) is 1.38. The van der Waals surface area contributed by atoms with Gasteiger partial charge in [-0.15, -0.1) is 0 Å². The van der Waals surface area contributed by atoms with E-state index in [1.807, 2.05) is 0 Å². The van der Waals surface area contributed by atoms with Crippen molar-refractivity contribution >= 4 is 21.6 Å². The van der Waals surface area contributed by atoms with Crippen molar-refractivity contribution in [3.05, 3.63) is 11.1 Å². The van der Waals surface area contributed by atoms with Crippen LogP contribution in [0.25, 0.3) is 0 Å². The third kappa shape index (κ3) is 0.695. The van der Waals surface area contributed by atoms with E-state index in [-0.39, 0.29) is 0 Å². The van der Waals surface area contributed by atoms with Gasteiger partial charge < -0.3 is 0 Å². The van der Waals surface area contributed by atoms with Crippen molar-refractivity contribution in [1.29, 1.82) is 0 Å². The first kappa shape index (κ1) is 6.26. The first-order valence-electron chi connectivity index (χ1n) is 2.63. The number of nitrogens with one attached hydrogen (secondary N) is 1. The Morgan fingerprint density at radius 1 is 1.70 bits per heavy atom. The molecule has 4 nitrogen and oxygen atoms in total. The summed E-state index contributed by atoms with van der Waals surface area (Å²) in [5.74, 6) is 0. The van der Waals surface area contributed by atoms with Gasteiger partial charge >= 0.3 is 0 Å². The van der Waals surface area contributed by atoms with Gasteiger partial charge in [0.2, 0.25) is 10.0 Å². The fourth-order valence-electron chi connectivity index (χ4n) is 0.832. The number of aromatic nitrogens is 1. The van der Waals surface area contributed by atoms with E-state index < -0.39 is 10.0 Å². The maximum Gasteiger partial charge on any atom is 0.243 e. The van der Waals surface area contributed by atoms with Crippen molar-refractivity contribution in [1.82, 2.24) is 9.10 Å². The predicted octanol–water partition coefficient (Wildman–Crippen LogP) is -0.0650. The third-order valence-corrected chi connectivity index (χ3v) is 3.70. The Labute approximate surface area is 62.1 Å². The zero-order valence-corrected chi connectivity index (χ0v) is 6.50. The molecule has 54 valence electrons. The van der Waals surface area contributed by atoms with Gasteiger partial charge in [0.25, 0.3) is 0 Å². The van der Waals surface area contributed by atoms with Crippen LogP contribution in [-0.4, -0.2) is 12.8 Å². The molecule has 1 N–H and O–H groups in total. The second kappa shape index (κ2) is 1.77. The van der Waals surface area contributed by atoms with Crippen LogP contribution in [0.1, 0.15) is 4.88 Å². The SMILES string of the molecule is O=S1(=O)NCc2sncc21. The van der Waals surface area contributed by atoms with E-state index in [0.717, 1.165) is 4.88 Å². The average molecular weight is 176 g/mol. The molecule has 1 aromatic rings. The van der Waals surface area contributed by atoms with Gasteiger partial charge in [-0.1, -0.05) is 0 Å². The fraction of sp³-hybridized carbons (Fsp3) is 0.250. The van der Waals surface area contributed by atoms with Crippen LogP contribution < -0.4 is 4.72 Å². The minimum Gasteiger partial charge on any atom is -0.207 e. The normalized spacial score (nSPS) is 20.8. The van der Waals surface area contributed by atoms with Gasteiger partial charge in [0.15, 0.2) is 0 Å². The molecule has 6 heteroatoms. The molecule has 0 bridgehead atoms. The van der Waals surface area contributed by atoms with Crippen molar-refractivity contribution < 1.29 is 8.42 Å². The van der Waals surface area contributed by atoms with Crippen LogP contribution in [0.2, 0.25) is 0 Å². The van der Waals surface area contributed by atoms with Crippen molar-refractivity contribution in [3.8, 4) is 0 Å². The first-order chi connectivity index (χ1) is 4.70. The maximum atomic E-state index is 11.0. The Kier molecular flexibility index (Phi) is 1.11. The van der Waals surface area contributed by atoms with Gasteiger partial charge in [0.1, 0.15) is 4.90 Å². The van der Waals surface area contributed by atoms with E-state index in [1.54, 1.807) is 0 Å². The topological polar surface area (TPSA) is 59.1 Å². The Bertz CT molecular complexity index is 353. The highest BCUT2D eigenvalue weighted by Gasteiger charge is 2.27. The molecular weight excluding hydrogens is 172 g/mol. The van der Waals surface area contributed by atoms with Crippen LogP contribution >= 0.6 is 11.5 Å². The highest BCUT2D eigenvalue weighted by Crippen LogP contribution is 2.24. The largest absolute Gasteiger partial charge is 0.243 e. The van der Waals surface area contributed by atoms with Crippen LogP contribution in [0.3, 0.4) is 0 Å². The van der Waals surface area contributed by atoms with E-state index in [1.165, 1.54) is 17.7 Å². The molecule has 0 aliphatic carbocycles. The molecule has 0 saturated heterocycles. The van der Waals surface area contributed by atoms with Crippen molar-refractivity contribution in [3.63, 3.8) is 0 Å². The molecule has 2 rings (SSSR count). The molecule has 10 heavy (non-hydrogen) atoms. The Morgan fingerprint density at radius 3 is 3.20 bits per heavy atom. The molecule has 0 saturated carbocycles. The third-order valence-electron chi connectivity index (χ3n) is 1.32. The zero-order valence-electron chi connectivity index (χ0n) is 4.86. The number of rotatable bonds is 0. The van der Waals surface area contributed by atoms with Crippen LogP contribution in [0.15, 0.2) is 11.1 Å². The monoisotopic (exact) mass is 176 g/mol. The Morgan fingerprint density at radius 2 is 2.50 bits per heavy atom. The minimum atomic E-state index is -3.16. The van der Waals surface area contributed by atoms with Gasteiger partial charge in [-0.25, -0.2) is 13.1 Å². The van der Waals surface area contributed by atoms with Crippen LogP contribution in [-0.2, 0) is 16.6 Å². The molecule has 0 spiro atoms. The molecule has 0 fully saturated rings. The number of nitrogens with zero attached hydrogens (tertiary/aromatic N) is 1. The summed E-state index contributed by atoms with van der Waals surface area (Å²) in [6.45, 7) is 0.405. The number of hydrogen-bond donors (Lipinski definition) is 1. The second-order valence-electron chi connectivity index (χ2n) is 1.94. The summed E-state index contributed by atoms with van der Waals surface area (Å²) >= 11 is 1.22. The second-order valence-corrected chi connectivity index (χ2v) is 4.56. The van der Waals surface area contributed by atoms with Gasteiger partial charge in [-0.3, -0.25) is 0 Å². The predicted molar refractivity (Wildman–Crippen MR) is 36.1 cm³/mol.